The van der Waals surface area contributed by atoms with Crippen molar-refractivity contribution < 1.29 is 9.53 Å². The molecule has 0 bridgehead atoms. The molecule has 0 aliphatic rings. The standard InChI is InChI=1S/C10H21NO2/c1-9(2)5-6-10(12)11-7-4-8-13-3/h9H,4-8H2,1-3H3,(H,11,12). The first-order chi connectivity index (χ1) is 6.16. The summed E-state index contributed by atoms with van der Waals surface area (Å²) in [5.74, 6) is 0.759. The van der Waals surface area contributed by atoms with Crippen LogP contribution < -0.4 is 5.32 Å². The van der Waals surface area contributed by atoms with E-state index in [-0.39, 0.29) is 5.91 Å². The molecular formula is C10H21NO2. The second-order valence-electron chi connectivity index (χ2n) is 3.63. The van der Waals surface area contributed by atoms with Crippen molar-refractivity contribution in [1.29, 1.82) is 0 Å². The summed E-state index contributed by atoms with van der Waals surface area (Å²) in [7, 11) is 1.67. The molecule has 1 amide bonds. The van der Waals surface area contributed by atoms with Gasteiger partial charge in [0.1, 0.15) is 0 Å². The van der Waals surface area contributed by atoms with Crippen LogP contribution in [0.2, 0.25) is 0 Å². The molecule has 0 saturated heterocycles. The van der Waals surface area contributed by atoms with Crippen LogP contribution in [0.3, 0.4) is 0 Å². The van der Waals surface area contributed by atoms with Gasteiger partial charge in [0.15, 0.2) is 0 Å². The van der Waals surface area contributed by atoms with Gasteiger partial charge in [-0.05, 0) is 18.8 Å². The third kappa shape index (κ3) is 9.34. The van der Waals surface area contributed by atoms with Crippen LogP contribution in [0.4, 0.5) is 0 Å². The van der Waals surface area contributed by atoms with E-state index in [1.807, 2.05) is 0 Å². The number of methoxy groups -OCH3 is 1. The minimum absolute atomic E-state index is 0.157. The molecular weight excluding hydrogens is 166 g/mol. The number of hydrogen-bond donors (Lipinski definition) is 1. The van der Waals surface area contributed by atoms with Gasteiger partial charge in [-0.3, -0.25) is 4.79 Å². The average Bonchev–Trinajstić information content (AvgIpc) is 2.09. The third-order valence-corrected chi connectivity index (χ3v) is 1.80. The Bertz CT molecular complexity index is 135. The summed E-state index contributed by atoms with van der Waals surface area (Å²) in [5.41, 5.74) is 0. The molecule has 0 aliphatic carbocycles. The van der Waals surface area contributed by atoms with E-state index in [9.17, 15) is 4.79 Å². The lowest BCUT2D eigenvalue weighted by Gasteiger charge is -2.06. The smallest absolute Gasteiger partial charge is 0.220 e. The average molecular weight is 187 g/mol. The van der Waals surface area contributed by atoms with Crippen molar-refractivity contribution in [1.82, 2.24) is 5.32 Å². The van der Waals surface area contributed by atoms with Gasteiger partial charge >= 0.3 is 0 Å². The Morgan fingerprint density at radius 2 is 2.15 bits per heavy atom. The largest absolute Gasteiger partial charge is 0.385 e. The number of ether oxygens (including phenoxy) is 1. The van der Waals surface area contributed by atoms with E-state index in [2.05, 4.69) is 19.2 Å². The minimum Gasteiger partial charge on any atom is -0.385 e. The predicted octanol–water partition coefficient (Wildman–Crippen LogP) is 1.58. The number of nitrogens with one attached hydrogen (secondary N) is 1. The summed E-state index contributed by atoms with van der Waals surface area (Å²) in [4.78, 5) is 11.2. The number of rotatable bonds is 7. The van der Waals surface area contributed by atoms with Gasteiger partial charge in [0, 0.05) is 26.7 Å². The van der Waals surface area contributed by atoms with Crippen LogP contribution in [-0.2, 0) is 9.53 Å². The molecule has 3 heteroatoms. The first-order valence-corrected chi connectivity index (χ1v) is 4.92. The fourth-order valence-electron chi connectivity index (χ4n) is 0.952. The highest BCUT2D eigenvalue weighted by atomic mass is 16.5. The maximum Gasteiger partial charge on any atom is 0.220 e. The van der Waals surface area contributed by atoms with Crippen LogP contribution in [0.25, 0.3) is 0 Å². The van der Waals surface area contributed by atoms with Gasteiger partial charge in [-0.2, -0.15) is 0 Å². The molecule has 0 spiro atoms. The fourth-order valence-corrected chi connectivity index (χ4v) is 0.952. The molecule has 0 aliphatic heterocycles. The van der Waals surface area contributed by atoms with Gasteiger partial charge in [0.05, 0.1) is 0 Å². The Morgan fingerprint density at radius 1 is 1.46 bits per heavy atom. The maximum absolute atomic E-state index is 11.2. The fraction of sp³-hybridized carbons (Fsp3) is 0.900. The zero-order valence-electron chi connectivity index (χ0n) is 8.93. The number of amides is 1. The van der Waals surface area contributed by atoms with Gasteiger partial charge in [0.25, 0.3) is 0 Å². The SMILES string of the molecule is COCCCNC(=O)CCC(C)C. The molecule has 0 saturated carbocycles. The van der Waals surface area contributed by atoms with E-state index >= 15 is 0 Å². The summed E-state index contributed by atoms with van der Waals surface area (Å²) in [5, 5.41) is 2.85. The molecule has 0 heterocycles. The van der Waals surface area contributed by atoms with Crippen molar-refractivity contribution in [3.05, 3.63) is 0 Å². The number of hydrogen-bond acceptors (Lipinski definition) is 2. The first-order valence-electron chi connectivity index (χ1n) is 4.92. The Morgan fingerprint density at radius 3 is 2.69 bits per heavy atom. The van der Waals surface area contributed by atoms with Crippen LogP contribution in [0.5, 0.6) is 0 Å². The van der Waals surface area contributed by atoms with Crippen LogP contribution in [0.15, 0.2) is 0 Å². The van der Waals surface area contributed by atoms with E-state index in [4.69, 9.17) is 4.74 Å². The van der Waals surface area contributed by atoms with Crippen molar-refractivity contribution in [3.8, 4) is 0 Å². The summed E-state index contributed by atoms with van der Waals surface area (Å²) >= 11 is 0. The Balaban J connectivity index is 3.20. The summed E-state index contributed by atoms with van der Waals surface area (Å²) < 4.78 is 4.87. The van der Waals surface area contributed by atoms with Gasteiger partial charge in [-0.15, -0.1) is 0 Å². The van der Waals surface area contributed by atoms with E-state index < -0.39 is 0 Å². The zero-order valence-corrected chi connectivity index (χ0v) is 8.93. The Labute approximate surface area is 80.8 Å². The van der Waals surface area contributed by atoms with Gasteiger partial charge in [-0.25, -0.2) is 0 Å². The molecule has 1 N–H and O–H groups in total. The molecule has 0 fully saturated rings. The van der Waals surface area contributed by atoms with Crippen molar-refractivity contribution in [3.63, 3.8) is 0 Å². The van der Waals surface area contributed by atoms with E-state index in [1.54, 1.807) is 7.11 Å². The van der Waals surface area contributed by atoms with Crippen LogP contribution in [-0.4, -0.2) is 26.2 Å². The van der Waals surface area contributed by atoms with Gasteiger partial charge in [-0.1, -0.05) is 13.8 Å². The normalized spacial score (nSPS) is 10.5. The first kappa shape index (κ1) is 12.4. The molecule has 0 aromatic heterocycles. The predicted molar refractivity (Wildman–Crippen MR) is 53.6 cm³/mol. The van der Waals surface area contributed by atoms with Gasteiger partial charge < -0.3 is 10.1 Å². The zero-order chi connectivity index (χ0) is 10.1. The molecule has 78 valence electrons. The Hall–Kier alpha value is -0.570. The maximum atomic E-state index is 11.2. The highest BCUT2D eigenvalue weighted by Gasteiger charge is 2.01. The summed E-state index contributed by atoms with van der Waals surface area (Å²) in [6, 6.07) is 0. The minimum atomic E-state index is 0.157. The van der Waals surface area contributed by atoms with Crippen LogP contribution in [0, 0.1) is 5.92 Å². The van der Waals surface area contributed by atoms with E-state index in [0.29, 0.717) is 18.9 Å². The van der Waals surface area contributed by atoms with E-state index in [0.717, 1.165) is 19.4 Å². The number of carbonyl (C=O) groups excluding carboxylic acids is 1. The van der Waals surface area contributed by atoms with E-state index in [1.165, 1.54) is 0 Å². The Kier molecular flexibility index (Phi) is 7.69. The lowest BCUT2D eigenvalue weighted by molar-refractivity contribution is -0.121. The lowest BCUT2D eigenvalue weighted by Crippen LogP contribution is -2.25. The second-order valence-corrected chi connectivity index (χ2v) is 3.63. The molecule has 0 radical (unpaired) electrons. The lowest BCUT2D eigenvalue weighted by atomic mass is 10.1. The summed E-state index contributed by atoms with van der Waals surface area (Å²) in [6.07, 6.45) is 2.50. The van der Waals surface area contributed by atoms with Crippen LogP contribution in [0.1, 0.15) is 33.1 Å². The van der Waals surface area contributed by atoms with Crippen molar-refractivity contribution in [2.45, 2.75) is 33.1 Å². The summed E-state index contributed by atoms with van der Waals surface area (Å²) in [6.45, 7) is 5.69. The monoisotopic (exact) mass is 187 g/mol. The quantitative estimate of drug-likeness (QED) is 0.614. The van der Waals surface area contributed by atoms with Crippen molar-refractivity contribution in [2.24, 2.45) is 5.92 Å². The van der Waals surface area contributed by atoms with Crippen molar-refractivity contribution >= 4 is 5.91 Å². The highest BCUT2D eigenvalue weighted by Crippen LogP contribution is 2.02. The molecule has 3 nitrogen and oxygen atoms in total. The number of carbonyl (C=O) groups is 1. The second kappa shape index (κ2) is 8.05. The molecule has 0 atom stereocenters. The topological polar surface area (TPSA) is 38.3 Å². The van der Waals surface area contributed by atoms with Crippen LogP contribution >= 0.6 is 0 Å². The molecule has 13 heavy (non-hydrogen) atoms. The molecule has 0 rings (SSSR count). The van der Waals surface area contributed by atoms with Gasteiger partial charge in [0.2, 0.25) is 5.91 Å². The third-order valence-electron chi connectivity index (χ3n) is 1.80. The highest BCUT2D eigenvalue weighted by molar-refractivity contribution is 5.75. The molecule has 0 aromatic rings. The molecule has 0 aromatic carbocycles. The molecule has 0 unspecified atom stereocenters. The van der Waals surface area contributed by atoms with Crippen molar-refractivity contribution in [2.75, 3.05) is 20.3 Å².